The minimum Gasteiger partial charge on any atom is -0.309 e. The highest BCUT2D eigenvalue weighted by molar-refractivity contribution is 9.10. The number of aromatic nitrogens is 1. The third-order valence-electron chi connectivity index (χ3n) is 10.1. The average molecular weight is 667 g/mol. The molecule has 2 heteroatoms. The van der Waals surface area contributed by atoms with Crippen LogP contribution in [0.1, 0.15) is 25.0 Å². The summed E-state index contributed by atoms with van der Waals surface area (Å²) in [6.45, 7) is 4.67. The molecular formula is C45H32BrN. The molecule has 224 valence electrons. The van der Waals surface area contributed by atoms with Crippen LogP contribution in [0.3, 0.4) is 0 Å². The molecule has 1 nitrogen and oxygen atoms in total. The van der Waals surface area contributed by atoms with Crippen LogP contribution in [0.4, 0.5) is 0 Å². The van der Waals surface area contributed by atoms with Crippen molar-refractivity contribution in [3.63, 3.8) is 0 Å². The molecular weight excluding hydrogens is 634 g/mol. The van der Waals surface area contributed by atoms with Crippen LogP contribution in [0.15, 0.2) is 162 Å². The van der Waals surface area contributed by atoms with Crippen molar-refractivity contribution < 1.29 is 0 Å². The molecule has 7 aromatic carbocycles. The number of hydrogen-bond acceptors (Lipinski definition) is 0. The van der Waals surface area contributed by atoms with Gasteiger partial charge in [0.15, 0.2) is 0 Å². The van der Waals surface area contributed by atoms with E-state index in [9.17, 15) is 0 Å². The topological polar surface area (TPSA) is 4.93 Å². The Kier molecular flexibility index (Phi) is 6.38. The molecule has 1 aromatic heterocycles. The Hall–Kier alpha value is -5.18. The smallest absolute Gasteiger partial charge is 0.0547 e. The first-order valence-electron chi connectivity index (χ1n) is 16.2. The van der Waals surface area contributed by atoms with Gasteiger partial charge in [-0.3, -0.25) is 0 Å². The Bertz CT molecular complexity index is 2480. The van der Waals surface area contributed by atoms with Crippen molar-refractivity contribution in [3.05, 3.63) is 173 Å². The van der Waals surface area contributed by atoms with Gasteiger partial charge in [0.2, 0.25) is 0 Å². The maximum atomic E-state index is 3.57. The SMILES string of the molecule is CC1(C)c2ccccc2-c2cc(-c3ccc(-n4c5ccccc5c5ccc(-c6cccc(-c7ccc(Br)cc7)c6)cc54)cc3)ccc21. The van der Waals surface area contributed by atoms with Gasteiger partial charge in [-0.15, -0.1) is 0 Å². The Morgan fingerprint density at radius 3 is 1.81 bits per heavy atom. The average Bonchev–Trinajstić information content (AvgIpc) is 3.57. The second-order valence-corrected chi connectivity index (χ2v) is 14.1. The monoisotopic (exact) mass is 665 g/mol. The molecule has 0 bridgehead atoms. The van der Waals surface area contributed by atoms with E-state index < -0.39 is 0 Å². The Balaban J connectivity index is 1.13. The number of halogens is 1. The summed E-state index contributed by atoms with van der Waals surface area (Å²) >= 11 is 3.57. The van der Waals surface area contributed by atoms with Gasteiger partial charge in [-0.1, -0.05) is 139 Å². The first-order valence-corrected chi connectivity index (χ1v) is 17.0. The van der Waals surface area contributed by atoms with Crippen LogP contribution in [-0.4, -0.2) is 4.57 Å². The van der Waals surface area contributed by atoms with Crippen molar-refractivity contribution in [1.29, 1.82) is 0 Å². The van der Waals surface area contributed by atoms with Gasteiger partial charge < -0.3 is 4.57 Å². The predicted molar refractivity (Wildman–Crippen MR) is 202 cm³/mol. The van der Waals surface area contributed by atoms with Crippen molar-refractivity contribution in [2.75, 3.05) is 0 Å². The summed E-state index contributed by atoms with van der Waals surface area (Å²) in [5.41, 5.74) is 16.4. The van der Waals surface area contributed by atoms with Gasteiger partial charge in [-0.25, -0.2) is 0 Å². The maximum absolute atomic E-state index is 3.57. The van der Waals surface area contributed by atoms with Gasteiger partial charge in [0, 0.05) is 26.3 Å². The van der Waals surface area contributed by atoms with Crippen LogP contribution >= 0.6 is 15.9 Å². The van der Waals surface area contributed by atoms with Gasteiger partial charge in [-0.2, -0.15) is 0 Å². The van der Waals surface area contributed by atoms with E-state index in [1.807, 2.05) is 0 Å². The third-order valence-corrected chi connectivity index (χ3v) is 10.6. The molecule has 0 unspecified atom stereocenters. The molecule has 47 heavy (non-hydrogen) atoms. The Morgan fingerprint density at radius 2 is 1.00 bits per heavy atom. The first kappa shape index (κ1) is 28.1. The fraction of sp³-hybridized carbons (Fsp3) is 0.0667. The Labute approximate surface area is 283 Å². The molecule has 0 radical (unpaired) electrons. The standard InChI is InChI=1S/C45H32BrN/c1-45(2)41-12-5-3-10-37(41)40-27-33(19-25-42(40)45)30-16-22-36(23-17-30)47-43-13-6-4-11-38(43)39-24-18-34(28-44(39)47)32-9-7-8-31(26-32)29-14-20-35(46)21-15-29/h3-28H,1-2H3. The summed E-state index contributed by atoms with van der Waals surface area (Å²) in [4.78, 5) is 0. The number of rotatable bonds is 4. The van der Waals surface area contributed by atoms with Crippen molar-refractivity contribution in [2.24, 2.45) is 0 Å². The molecule has 0 saturated heterocycles. The molecule has 1 aliphatic rings. The van der Waals surface area contributed by atoms with E-state index in [1.165, 1.54) is 77.4 Å². The zero-order chi connectivity index (χ0) is 31.7. The quantitative estimate of drug-likeness (QED) is 0.176. The molecule has 0 N–H and O–H groups in total. The van der Waals surface area contributed by atoms with Crippen LogP contribution in [-0.2, 0) is 5.41 Å². The first-order chi connectivity index (χ1) is 23.0. The van der Waals surface area contributed by atoms with Crippen LogP contribution in [0.5, 0.6) is 0 Å². The molecule has 0 fully saturated rings. The molecule has 0 aliphatic heterocycles. The minimum absolute atomic E-state index is 0.0178. The zero-order valence-electron chi connectivity index (χ0n) is 26.3. The lowest BCUT2D eigenvalue weighted by molar-refractivity contribution is 0.660. The van der Waals surface area contributed by atoms with Crippen molar-refractivity contribution >= 4 is 37.7 Å². The fourth-order valence-corrected chi connectivity index (χ4v) is 7.92. The summed E-state index contributed by atoms with van der Waals surface area (Å²) < 4.78 is 3.50. The third kappa shape index (κ3) is 4.51. The van der Waals surface area contributed by atoms with E-state index >= 15 is 0 Å². The van der Waals surface area contributed by atoms with Gasteiger partial charge >= 0.3 is 0 Å². The molecule has 0 atom stereocenters. The lowest BCUT2D eigenvalue weighted by Gasteiger charge is -2.21. The van der Waals surface area contributed by atoms with Crippen molar-refractivity contribution in [1.82, 2.24) is 4.57 Å². The molecule has 0 spiro atoms. The number of fused-ring (bicyclic) bond motifs is 6. The molecule has 9 rings (SSSR count). The summed E-state index contributed by atoms with van der Waals surface area (Å²) in [6.07, 6.45) is 0. The van der Waals surface area contributed by atoms with E-state index in [1.54, 1.807) is 0 Å². The minimum atomic E-state index is 0.0178. The lowest BCUT2D eigenvalue weighted by Crippen LogP contribution is -2.14. The van der Waals surface area contributed by atoms with Crippen LogP contribution < -0.4 is 0 Å². The van der Waals surface area contributed by atoms with Gasteiger partial charge in [0.05, 0.1) is 11.0 Å². The zero-order valence-corrected chi connectivity index (χ0v) is 27.9. The highest BCUT2D eigenvalue weighted by Crippen LogP contribution is 2.49. The summed E-state index contributed by atoms with van der Waals surface area (Å²) in [5, 5.41) is 2.53. The summed E-state index contributed by atoms with van der Waals surface area (Å²) in [7, 11) is 0. The van der Waals surface area contributed by atoms with Crippen molar-refractivity contribution in [3.8, 4) is 50.2 Å². The van der Waals surface area contributed by atoms with E-state index in [-0.39, 0.29) is 5.41 Å². The maximum Gasteiger partial charge on any atom is 0.0547 e. The van der Waals surface area contributed by atoms with Crippen LogP contribution in [0, 0.1) is 0 Å². The summed E-state index contributed by atoms with van der Waals surface area (Å²) in [5.74, 6) is 0. The fourth-order valence-electron chi connectivity index (χ4n) is 7.65. The lowest BCUT2D eigenvalue weighted by atomic mass is 9.82. The largest absolute Gasteiger partial charge is 0.309 e. The second kappa shape index (κ2) is 10.7. The normalized spacial score (nSPS) is 13.2. The van der Waals surface area contributed by atoms with Gasteiger partial charge in [0.25, 0.3) is 0 Å². The summed E-state index contributed by atoms with van der Waals surface area (Å²) in [6, 6.07) is 58.0. The number of para-hydroxylation sites is 1. The van der Waals surface area contributed by atoms with E-state index in [0.717, 1.165) is 10.2 Å². The van der Waals surface area contributed by atoms with E-state index in [4.69, 9.17) is 0 Å². The van der Waals surface area contributed by atoms with Gasteiger partial charge in [0.1, 0.15) is 0 Å². The molecule has 1 heterocycles. The highest BCUT2D eigenvalue weighted by Gasteiger charge is 2.35. The van der Waals surface area contributed by atoms with Crippen LogP contribution in [0.25, 0.3) is 72.0 Å². The molecule has 1 aliphatic carbocycles. The number of nitrogens with zero attached hydrogens (tertiary/aromatic N) is 1. The molecule has 0 amide bonds. The molecule has 0 saturated carbocycles. The van der Waals surface area contributed by atoms with E-state index in [2.05, 4.69) is 192 Å². The van der Waals surface area contributed by atoms with Crippen molar-refractivity contribution in [2.45, 2.75) is 19.3 Å². The van der Waals surface area contributed by atoms with Gasteiger partial charge in [-0.05, 0) is 104 Å². The van der Waals surface area contributed by atoms with E-state index in [0.29, 0.717) is 0 Å². The number of hydrogen-bond donors (Lipinski definition) is 0. The highest BCUT2D eigenvalue weighted by atomic mass is 79.9. The second-order valence-electron chi connectivity index (χ2n) is 13.2. The number of benzene rings is 7. The molecule has 8 aromatic rings. The predicted octanol–water partition coefficient (Wildman–Crippen LogP) is 12.9. The Morgan fingerprint density at radius 1 is 0.426 bits per heavy atom. The van der Waals surface area contributed by atoms with Crippen LogP contribution in [0.2, 0.25) is 0 Å².